The first-order valence-electron chi connectivity index (χ1n) is 9.07. The lowest BCUT2D eigenvalue weighted by atomic mass is 10.1. The van der Waals surface area contributed by atoms with Crippen LogP contribution in [0, 0.1) is 13.8 Å². The molecule has 134 valence electrons. The summed E-state index contributed by atoms with van der Waals surface area (Å²) in [6.07, 6.45) is 0. The second-order valence-electron chi connectivity index (χ2n) is 6.46. The first-order valence-corrected chi connectivity index (χ1v) is 9.07. The Kier molecular flexibility index (Phi) is 5.21. The molecule has 0 N–H and O–H groups in total. The number of hydrogen-bond acceptors (Lipinski definition) is 2. The van der Waals surface area contributed by atoms with Gasteiger partial charge in [0.15, 0.2) is 0 Å². The summed E-state index contributed by atoms with van der Waals surface area (Å²) in [6.45, 7) is 9.44. The number of amides is 1. The van der Waals surface area contributed by atoms with Crippen molar-refractivity contribution in [3.05, 3.63) is 71.4 Å². The summed E-state index contributed by atoms with van der Waals surface area (Å²) in [5.41, 5.74) is 5.59. The van der Waals surface area contributed by atoms with Crippen LogP contribution in [0.4, 0.5) is 0 Å². The van der Waals surface area contributed by atoms with E-state index in [4.69, 9.17) is 5.10 Å². The molecule has 26 heavy (non-hydrogen) atoms. The third-order valence-electron chi connectivity index (χ3n) is 4.64. The molecule has 4 nitrogen and oxygen atoms in total. The fourth-order valence-corrected chi connectivity index (χ4v) is 3.09. The van der Waals surface area contributed by atoms with Crippen molar-refractivity contribution in [3.8, 4) is 16.9 Å². The Labute approximate surface area is 155 Å². The van der Waals surface area contributed by atoms with Gasteiger partial charge in [-0.05, 0) is 51.0 Å². The van der Waals surface area contributed by atoms with E-state index in [0.29, 0.717) is 18.8 Å². The summed E-state index contributed by atoms with van der Waals surface area (Å²) in [5.74, 6) is 0.00517. The van der Waals surface area contributed by atoms with Gasteiger partial charge >= 0.3 is 0 Å². The highest BCUT2D eigenvalue weighted by atomic mass is 16.2. The Hall–Kier alpha value is -2.88. The molecule has 4 heteroatoms. The molecular formula is C22H25N3O. The van der Waals surface area contributed by atoms with Gasteiger partial charge in [-0.25, -0.2) is 4.68 Å². The van der Waals surface area contributed by atoms with E-state index in [-0.39, 0.29) is 5.91 Å². The molecular weight excluding hydrogens is 322 g/mol. The minimum atomic E-state index is 0.00517. The third kappa shape index (κ3) is 3.40. The van der Waals surface area contributed by atoms with Crippen molar-refractivity contribution in [2.75, 3.05) is 13.1 Å². The highest BCUT2D eigenvalue weighted by Gasteiger charge is 2.22. The molecule has 0 spiro atoms. The Morgan fingerprint density at radius 2 is 1.69 bits per heavy atom. The lowest BCUT2D eigenvalue weighted by molar-refractivity contribution is 0.0764. The van der Waals surface area contributed by atoms with Gasteiger partial charge in [0, 0.05) is 18.7 Å². The van der Waals surface area contributed by atoms with Gasteiger partial charge in [0.2, 0.25) is 0 Å². The number of aromatic nitrogens is 2. The second-order valence-corrected chi connectivity index (χ2v) is 6.46. The molecule has 0 unspecified atom stereocenters. The Bertz CT molecular complexity index is 908. The molecule has 0 fully saturated rings. The summed E-state index contributed by atoms with van der Waals surface area (Å²) in [7, 11) is 0. The summed E-state index contributed by atoms with van der Waals surface area (Å²) in [6, 6.07) is 18.1. The number of aryl methyl sites for hydroxylation is 2. The fourth-order valence-electron chi connectivity index (χ4n) is 3.09. The van der Waals surface area contributed by atoms with Gasteiger partial charge in [-0.15, -0.1) is 0 Å². The van der Waals surface area contributed by atoms with Crippen molar-refractivity contribution in [2.24, 2.45) is 0 Å². The van der Waals surface area contributed by atoms with Gasteiger partial charge in [-0.1, -0.05) is 42.5 Å². The molecule has 0 bridgehead atoms. The van der Waals surface area contributed by atoms with E-state index in [1.807, 2.05) is 62.1 Å². The molecule has 1 aromatic heterocycles. The van der Waals surface area contributed by atoms with E-state index in [0.717, 1.165) is 28.1 Å². The van der Waals surface area contributed by atoms with E-state index in [2.05, 4.69) is 25.1 Å². The average molecular weight is 347 g/mol. The van der Waals surface area contributed by atoms with Crippen LogP contribution in [0.25, 0.3) is 16.9 Å². The molecule has 2 aromatic carbocycles. The molecule has 0 radical (unpaired) electrons. The van der Waals surface area contributed by atoms with Crippen LogP contribution in [0.2, 0.25) is 0 Å². The predicted molar refractivity (Wildman–Crippen MR) is 106 cm³/mol. The number of carbonyl (C=O) groups is 1. The quantitative estimate of drug-likeness (QED) is 0.674. The molecule has 1 heterocycles. The minimum Gasteiger partial charge on any atom is -0.338 e. The van der Waals surface area contributed by atoms with Gasteiger partial charge < -0.3 is 4.90 Å². The van der Waals surface area contributed by atoms with Gasteiger partial charge in [-0.2, -0.15) is 5.10 Å². The number of carbonyl (C=O) groups excluding carboxylic acids is 1. The number of benzene rings is 2. The molecule has 0 saturated carbocycles. The van der Waals surface area contributed by atoms with Crippen molar-refractivity contribution in [1.29, 1.82) is 0 Å². The zero-order chi connectivity index (χ0) is 18.7. The maximum absolute atomic E-state index is 13.1. The Morgan fingerprint density at radius 3 is 2.35 bits per heavy atom. The highest BCUT2D eigenvalue weighted by Crippen LogP contribution is 2.24. The third-order valence-corrected chi connectivity index (χ3v) is 4.64. The summed E-state index contributed by atoms with van der Waals surface area (Å²) in [4.78, 5) is 14.9. The average Bonchev–Trinajstić information content (AvgIpc) is 3.10. The number of nitrogens with zero attached hydrogens (tertiary/aromatic N) is 3. The van der Waals surface area contributed by atoms with Crippen LogP contribution in [0.5, 0.6) is 0 Å². The Morgan fingerprint density at radius 1 is 1.00 bits per heavy atom. The first kappa shape index (κ1) is 17.9. The second kappa shape index (κ2) is 7.56. The lowest BCUT2D eigenvalue weighted by Crippen LogP contribution is -2.32. The fraction of sp³-hybridized carbons (Fsp3) is 0.273. The molecule has 0 saturated heterocycles. The highest BCUT2D eigenvalue weighted by molar-refractivity contribution is 5.94. The zero-order valence-corrected chi connectivity index (χ0v) is 15.9. The van der Waals surface area contributed by atoms with Crippen molar-refractivity contribution in [2.45, 2.75) is 27.7 Å². The Balaban J connectivity index is 2.19. The summed E-state index contributed by atoms with van der Waals surface area (Å²) >= 11 is 0. The van der Waals surface area contributed by atoms with Crippen LogP contribution in [0.3, 0.4) is 0 Å². The van der Waals surface area contributed by atoms with E-state index >= 15 is 0 Å². The van der Waals surface area contributed by atoms with E-state index in [1.54, 1.807) is 4.68 Å². The molecule has 0 aliphatic carbocycles. The van der Waals surface area contributed by atoms with Crippen LogP contribution in [0.15, 0.2) is 54.6 Å². The smallest absolute Gasteiger partial charge is 0.272 e. The van der Waals surface area contributed by atoms with Gasteiger partial charge in [0.1, 0.15) is 5.69 Å². The van der Waals surface area contributed by atoms with Crippen LogP contribution in [-0.4, -0.2) is 33.7 Å². The minimum absolute atomic E-state index is 0.00517. The maximum Gasteiger partial charge on any atom is 0.272 e. The number of hydrogen-bond donors (Lipinski definition) is 0. The van der Waals surface area contributed by atoms with Crippen LogP contribution in [-0.2, 0) is 0 Å². The van der Waals surface area contributed by atoms with Crippen LogP contribution in [0.1, 0.15) is 35.5 Å². The molecule has 3 rings (SSSR count). The van der Waals surface area contributed by atoms with Crippen molar-refractivity contribution < 1.29 is 4.79 Å². The van der Waals surface area contributed by atoms with Crippen molar-refractivity contribution >= 4 is 5.91 Å². The van der Waals surface area contributed by atoms with E-state index in [1.165, 1.54) is 0 Å². The molecule has 0 aliphatic heterocycles. The van der Waals surface area contributed by atoms with Crippen molar-refractivity contribution in [1.82, 2.24) is 14.7 Å². The largest absolute Gasteiger partial charge is 0.338 e. The molecule has 0 atom stereocenters. The van der Waals surface area contributed by atoms with Gasteiger partial charge in [0.25, 0.3) is 5.91 Å². The monoisotopic (exact) mass is 347 g/mol. The topological polar surface area (TPSA) is 38.1 Å². The van der Waals surface area contributed by atoms with Crippen LogP contribution < -0.4 is 0 Å². The lowest BCUT2D eigenvalue weighted by Gasteiger charge is -2.19. The molecule has 3 aromatic rings. The van der Waals surface area contributed by atoms with E-state index < -0.39 is 0 Å². The number of rotatable bonds is 5. The SMILES string of the molecule is CCN(CC)C(=O)c1cc(-c2ccccc2)nn1-c1cc(C)ccc1C. The summed E-state index contributed by atoms with van der Waals surface area (Å²) < 4.78 is 1.80. The van der Waals surface area contributed by atoms with Gasteiger partial charge in [-0.3, -0.25) is 4.79 Å². The summed E-state index contributed by atoms with van der Waals surface area (Å²) in [5, 5.41) is 4.79. The standard InChI is InChI=1S/C22H25N3O/c1-5-24(6-2)22(26)21-15-19(18-10-8-7-9-11-18)23-25(21)20-14-16(3)12-13-17(20)4/h7-15H,5-6H2,1-4H3. The molecule has 1 amide bonds. The first-order chi connectivity index (χ1) is 12.5. The van der Waals surface area contributed by atoms with Crippen molar-refractivity contribution in [3.63, 3.8) is 0 Å². The maximum atomic E-state index is 13.1. The van der Waals surface area contributed by atoms with Gasteiger partial charge in [0.05, 0.1) is 11.4 Å². The predicted octanol–water partition coefficient (Wildman–Crippen LogP) is 4.64. The zero-order valence-electron chi connectivity index (χ0n) is 15.9. The normalized spacial score (nSPS) is 10.8. The van der Waals surface area contributed by atoms with E-state index in [9.17, 15) is 4.79 Å². The molecule has 0 aliphatic rings. The van der Waals surface area contributed by atoms with Crippen LogP contribution >= 0.6 is 0 Å².